The summed E-state index contributed by atoms with van der Waals surface area (Å²) in [6.07, 6.45) is 0. The molecule has 1 amide bonds. The maximum absolute atomic E-state index is 12.4. The molecule has 0 aliphatic carbocycles. The fourth-order valence-corrected chi connectivity index (χ4v) is 2.85. The Bertz CT molecular complexity index is 688. The standard InChI is InChI=1S/C19H21NO3S/c1-3-23-18(21)13-24-14(2)19(22)20-17-12-8-7-11-16(17)15-9-5-4-6-10-15/h4-12,14H,3,13H2,1-2H3,(H,20,22). The van der Waals surface area contributed by atoms with Crippen LogP contribution < -0.4 is 5.32 Å². The molecule has 0 heterocycles. The number of esters is 1. The number of nitrogens with one attached hydrogen (secondary N) is 1. The number of hydrogen-bond acceptors (Lipinski definition) is 4. The second kappa shape index (κ2) is 9.13. The van der Waals surface area contributed by atoms with E-state index in [9.17, 15) is 9.59 Å². The lowest BCUT2D eigenvalue weighted by Gasteiger charge is -2.14. The van der Waals surface area contributed by atoms with Gasteiger partial charge in [-0.15, -0.1) is 11.8 Å². The number of para-hydroxylation sites is 1. The van der Waals surface area contributed by atoms with E-state index in [0.717, 1.165) is 16.8 Å². The zero-order chi connectivity index (χ0) is 17.4. The number of anilines is 1. The van der Waals surface area contributed by atoms with Gasteiger partial charge in [0.2, 0.25) is 5.91 Å². The van der Waals surface area contributed by atoms with Gasteiger partial charge in [-0.25, -0.2) is 0 Å². The van der Waals surface area contributed by atoms with E-state index in [2.05, 4.69) is 5.32 Å². The van der Waals surface area contributed by atoms with Crippen LogP contribution in [-0.2, 0) is 14.3 Å². The Hall–Kier alpha value is -2.27. The van der Waals surface area contributed by atoms with Gasteiger partial charge in [-0.3, -0.25) is 9.59 Å². The zero-order valence-corrected chi connectivity index (χ0v) is 14.6. The third-order valence-corrected chi connectivity index (χ3v) is 4.51. The molecule has 2 rings (SSSR count). The van der Waals surface area contributed by atoms with Gasteiger partial charge in [0.05, 0.1) is 17.6 Å². The maximum Gasteiger partial charge on any atom is 0.315 e. The zero-order valence-electron chi connectivity index (χ0n) is 13.8. The lowest BCUT2D eigenvalue weighted by molar-refractivity contribution is -0.139. The summed E-state index contributed by atoms with van der Waals surface area (Å²) >= 11 is 1.27. The largest absolute Gasteiger partial charge is 0.465 e. The number of carbonyl (C=O) groups is 2. The second-order valence-corrected chi connectivity index (χ2v) is 6.49. The van der Waals surface area contributed by atoms with Crippen LogP contribution in [0.4, 0.5) is 5.69 Å². The molecular formula is C19H21NO3S. The number of carbonyl (C=O) groups excluding carboxylic acids is 2. The highest BCUT2D eigenvalue weighted by Gasteiger charge is 2.17. The first-order valence-electron chi connectivity index (χ1n) is 7.84. The molecule has 0 radical (unpaired) electrons. The molecule has 1 atom stereocenters. The highest BCUT2D eigenvalue weighted by molar-refractivity contribution is 8.01. The van der Waals surface area contributed by atoms with E-state index in [1.165, 1.54) is 11.8 Å². The Morgan fingerprint density at radius 3 is 2.46 bits per heavy atom. The third-order valence-electron chi connectivity index (χ3n) is 3.40. The average Bonchev–Trinajstić information content (AvgIpc) is 2.61. The van der Waals surface area contributed by atoms with Crippen molar-refractivity contribution in [2.75, 3.05) is 17.7 Å². The van der Waals surface area contributed by atoms with Gasteiger partial charge in [0.1, 0.15) is 0 Å². The molecule has 2 aromatic carbocycles. The van der Waals surface area contributed by atoms with Crippen molar-refractivity contribution < 1.29 is 14.3 Å². The number of benzene rings is 2. The van der Waals surface area contributed by atoms with Gasteiger partial charge in [-0.1, -0.05) is 48.5 Å². The van der Waals surface area contributed by atoms with Gasteiger partial charge in [0.25, 0.3) is 0 Å². The molecule has 0 aromatic heterocycles. The molecule has 0 saturated carbocycles. The Balaban J connectivity index is 2.03. The molecule has 2 aromatic rings. The van der Waals surface area contributed by atoms with Gasteiger partial charge in [0.15, 0.2) is 0 Å². The summed E-state index contributed by atoms with van der Waals surface area (Å²) in [6.45, 7) is 3.90. The summed E-state index contributed by atoms with van der Waals surface area (Å²) in [5.74, 6) is -0.262. The van der Waals surface area contributed by atoms with E-state index in [1.54, 1.807) is 13.8 Å². The van der Waals surface area contributed by atoms with Crippen LogP contribution in [0.3, 0.4) is 0 Å². The number of thioether (sulfide) groups is 1. The molecule has 1 unspecified atom stereocenters. The highest BCUT2D eigenvalue weighted by Crippen LogP contribution is 2.28. The van der Waals surface area contributed by atoms with Gasteiger partial charge in [0, 0.05) is 11.3 Å². The van der Waals surface area contributed by atoms with Crippen molar-refractivity contribution in [3.63, 3.8) is 0 Å². The molecule has 0 aliphatic heterocycles. The van der Waals surface area contributed by atoms with E-state index in [4.69, 9.17) is 4.74 Å². The molecule has 5 heteroatoms. The van der Waals surface area contributed by atoms with Crippen LogP contribution in [0.5, 0.6) is 0 Å². The molecular weight excluding hydrogens is 322 g/mol. The smallest absolute Gasteiger partial charge is 0.315 e. The number of amides is 1. The van der Waals surface area contributed by atoms with E-state index < -0.39 is 0 Å². The fraction of sp³-hybridized carbons (Fsp3) is 0.263. The van der Waals surface area contributed by atoms with Gasteiger partial charge < -0.3 is 10.1 Å². The predicted molar refractivity (Wildman–Crippen MR) is 99.1 cm³/mol. The van der Waals surface area contributed by atoms with E-state index >= 15 is 0 Å². The SMILES string of the molecule is CCOC(=O)CSC(C)C(=O)Nc1ccccc1-c1ccccc1. The summed E-state index contributed by atoms with van der Waals surface area (Å²) in [5.41, 5.74) is 2.77. The normalized spacial score (nSPS) is 11.6. The number of hydrogen-bond donors (Lipinski definition) is 1. The molecule has 0 spiro atoms. The molecule has 0 bridgehead atoms. The Morgan fingerprint density at radius 2 is 1.75 bits per heavy atom. The minimum absolute atomic E-state index is 0.132. The summed E-state index contributed by atoms with van der Waals surface area (Å²) in [4.78, 5) is 23.8. The lowest BCUT2D eigenvalue weighted by atomic mass is 10.0. The molecule has 4 nitrogen and oxygen atoms in total. The van der Waals surface area contributed by atoms with Crippen LogP contribution in [-0.4, -0.2) is 29.5 Å². The molecule has 1 N–H and O–H groups in total. The Labute approximate surface area is 146 Å². The lowest BCUT2D eigenvalue weighted by Crippen LogP contribution is -2.24. The van der Waals surface area contributed by atoms with Crippen LogP contribution in [0.1, 0.15) is 13.8 Å². The van der Waals surface area contributed by atoms with E-state index in [-0.39, 0.29) is 22.9 Å². The monoisotopic (exact) mass is 343 g/mol. The second-order valence-electron chi connectivity index (χ2n) is 5.16. The molecule has 126 valence electrons. The van der Waals surface area contributed by atoms with Gasteiger partial charge >= 0.3 is 5.97 Å². The first-order chi connectivity index (χ1) is 11.6. The molecule has 0 saturated heterocycles. The van der Waals surface area contributed by atoms with Crippen molar-refractivity contribution in [1.82, 2.24) is 0 Å². The quantitative estimate of drug-likeness (QED) is 0.773. The molecule has 0 fully saturated rings. The molecule has 0 aliphatic rings. The first-order valence-corrected chi connectivity index (χ1v) is 8.89. The van der Waals surface area contributed by atoms with Crippen LogP contribution in [0.2, 0.25) is 0 Å². The van der Waals surface area contributed by atoms with E-state index in [0.29, 0.717) is 6.61 Å². The van der Waals surface area contributed by atoms with Crippen LogP contribution in [0.25, 0.3) is 11.1 Å². The topological polar surface area (TPSA) is 55.4 Å². The summed E-state index contributed by atoms with van der Waals surface area (Å²) in [5, 5.41) is 2.60. The van der Waals surface area contributed by atoms with Crippen molar-refractivity contribution in [2.45, 2.75) is 19.1 Å². The van der Waals surface area contributed by atoms with Crippen LogP contribution in [0.15, 0.2) is 54.6 Å². The van der Waals surface area contributed by atoms with Crippen molar-refractivity contribution >= 4 is 29.3 Å². The van der Waals surface area contributed by atoms with Crippen molar-refractivity contribution in [3.05, 3.63) is 54.6 Å². The number of rotatable bonds is 7. The molecule has 24 heavy (non-hydrogen) atoms. The predicted octanol–water partition coefficient (Wildman–Crippen LogP) is 3.98. The van der Waals surface area contributed by atoms with Crippen molar-refractivity contribution in [2.24, 2.45) is 0 Å². The average molecular weight is 343 g/mol. The van der Waals surface area contributed by atoms with Crippen molar-refractivity contribution in [1.29, 1.82) is 0 Å². The minimum Gasteiger partial charge on any atom is -0.465 e. The van der Waals surface area contributed by atoms with Crippen LogP contribution in [0, 0.1) is 0 Å². The number of ether oxygens (including phenoxy) is 1. The maximum atomic E-state index is 12.4. The van der Waals surface area contributed by atoms with Crippen molar-refractivity contribution in [3.8, 4) is 11.1 Å². The van der Waals surface area contributed by atoms with Crippen LogP contribution >= 0.6 is 11.8 Å². The van der Waals surface area contributed by atoms with E-state index in [1.807, 2.05) is 54.6 Å². The third kappa shape index (κ3) is 5.13. The summed E-state index contributed by atoms with van der Waals surface area (Å²) < 4.78 is 4.88. The van der Waals surface area contributed by atoms with Gasteiger partial charge in [-0.2, -0.15) is 0 Å². The Kier molecular flexibility index (Phi) is 6.88. The fourth-order valence-electron chi connectivity index (χ4n) is 2.17. The summed E-state index contributed by atoms with van der Waals surface area (Å²) in [7, 11) is 0. The Morgan fingerprint density at radius 1 is 1.08 bits per heavy atom. The van der Waals surface area contributed by atoms with Gasteiger partial charge in [-0.05, 0) is 25.5 Å². The first kappa shape index (κ1) is 18.1. The minimum atomic E-state index is -0.349. The highest BCUT2D eigenvalue weighted by atomic mass is 32.2. The summed E-state index contributed by atoms with van der Waals surface area (Å²) in [6, 6.07) is 17.6.